The third-order valence-corrected chi connectivity index (χ3v) is 6.59. The van der Waals surface area contributed by atoms with Gasteiger partial charge >= 0.3 is 0 Å². The molecule has 0 bridgehead atoms. The molecule has 7 nitrogen and oxygen atoms in total. The monoisotopic (exact) mass is 517 g/mol. The van der Waals surface area contributed by atoms with Gasteiger partial charge < -0.3 is 24.8 Å². The molecule has 1 fully saturated rings. The van der Waals surface area contributed by atoms with Gasteiger partial charge in [-0.15, -0.1) is 0 Å². The van der Waals surface area contributed by atoms with Crippen LogP contribution >= 0.6 is 23.8 Å². The number of aromatic nitrogens is 2. The average molecular weight is 518 g/mol. The second-order valence-electron chi connectivity index (χ2n) is 8.35. The van der Waals surface area contributed by atoms with Gasteiger partial charge in [0.15, 0.2) is 5.11 Å². The van der Waals surface area contributed by atoms with E-state index in [-0.39, 0.29) is 18.0 Å². The summed E-state index contributed by atoms with van der Waals surface area (Å²) in [6.45, 7) is 1.46. The van der Waals surface area contributed by atoms with Crippen molar-refractivity contribution in [1.82, 2.24) is 14.9 Å². The van der Waals surface area contributed by atoms with Crippen LogP contribution in [0.2, 0.25) is 5.02 Å². The molecule has 36 heavy (non-hydrogen) atoms. The Balaban J connectivity index is 1.66. The molecule has 2 aromatic heterocycles. The van der Waals surface area contributed by atoms with E-state index in [4.69, 9.17) is 28.6 Å². The Bertz CT molecular complexity index is 1420. The summed E-state index contributed by atoms with van der Waals surface area (Å²) >= 11 is 12.2. The lowest BCUT2D eigenvalue weighted by Gasteiger charge is -2.29. The largest absolute Gasteiger partial charge is 0.495 e. The molecule has 0 saturated carbocycles. The third kappa shape index (κ3) is 4.53. The summed E-state index contributed by atoms with van der Waals surface area (Å²) in [5, 5.41) is 7.53. The Labute approximate surface area is 219 Å². The van der Waals surface area contributed by atoms with Gasteiger partial charge in [0.1, 0.15) is 11.8 Å². The van der Waals surface area contributed by atoms with Gasteiger partial charge in [0.05, 0.1) is 24.5 Å². The normalized spacial score (nSPS) is 17.1. The molecule has 182 valence electrons. The molecule has 5 rings (SSSR count). The van der Waals surface area contributed by atoms with E-state index in [0.717, 1.165) is 22.8 Å². The van der Waals surface area contributed by atoms with E-state index in [1.54, 1.807) is 13.3 Å². The van der Waals surface area contributed by atoms with Crippen molar-refractivity contribution in [3.63, 3.8) is 0 Å². The van der Waals surface area contributed by atoms with E-state index in [0.29, 0.717) is 21.6 Å². The first-order valence-corrected chi connectivity index (χ1v) is 12.1. The molecule has 4 aromatic rings. The first-order valence-electron chi connectivity index (χ1n) is 11.4. The van der Waals surface area contributed by atoms with Crippen LogP contribution in [0.3, 0.4) is 0 Å². The van der Waals surface area contributed by atoms with Crippen molar-refractivity contribution in [1.29, 1.82) is 0 Å². The molecule has 3 heterocycles. The lowest BCUT2D eigenvalue weighted by molar-refractivity contribution is -0.114. The standard InChI is InChI=1S/C27H24ClN5O2S/c1-17(34)30-22-16-20(11-12-24(22)35-2)33-26(25(31-27(33)36)21-9-3-4-13-29-21)23-10-6-14-32(23)19-8-5-7-18(28)15-19/h3-16,25-26H,1-2H3,(H,30,34)(H,31,36)/t25-,26+/m1/s1. The molecule has 0 aliphatic carbocycles. The van der Waals surface area contributed by atoms with E-state index in [1.165, 1.54) is 6.92 Å². The van der Waals surface area contributed by atoms with E-state index in [9.17, 15) is 4.79 Å². The Morgan fingerprint density at radius 3 is 2.67 bits per heavy atom. The Morgan fingerprint density at radius 1 is 1.08 bits per heavy atom. The second kappa shape index (κ2) is 10.0. The highest BCUT2D eigenvalue weighted by Gasteiger charge is 2.42. The van der Waals surface area contributed by atoms with Gasteiger partial charge in [-0.2, -0.15) is 0 Å². The van der Waals surface area contributed by atoms with Crippen LogP contribution in [0, 0.1) is 0 Å². The van der Waals surface area contributed by atoms with Crippen LogP contribution in [0.15, 0.2) is 85.2 Å². The number of methoxy groups -OCH3 is 1. The molecule has 1 aliphatic rings. The number of carbonyl (C=O) groups is 1. The highest BCUT2D eigenvalue weighted by atomic mass is 35.5. The number of thiocarbonyl (C=S) groups is 1. The molecule has 9 heteroatoms. The highest BCUT2D eigenvalue weighted by Crippen LogP contribution is 2.43. The number of pyridine rings is 1. The average Bonchev–Trinajstić information content (AvgIpc) is 3.48. The summed E-state index contributed by atoms with van der Waals surface area (Å²) in [5.74, 6) is 0.373. The number of hydrogen-bond acceptors (Lipinski definition) is 4. The molecule has 1 aliphatic heterocycles. The zero-order chi connectivity index (χ0) is 25.2. The van der Waals surface area contributed by atoms with Crippen molar-refractivity contribution in [3.05, 3.63) is 102 Å². The first kappa shape index (κ1) is 23.8. The topological polar surface area (TPSA) is 71.4 Å². The lowest BCUT2D eigenvalue weighted by atomic mass is 10.0. The van der Waals surface area contributed by atoms with Crippen molar-refractivity contribution < 1.29 is 9.53 Å². The van der Waals surface area contributed by atoms with E-state index < -0.39 is 0 Å². The number of rotatable bonds is 6. The van der Waals surface area contributed by atoms with Crippen molar-refractivity contribution in [2.75, 3.05) is 17.3 Å². The van der Waals surface area contributed by atoms with Gasteiger partial charge in [0.25, 0.3) is 0 Å². The van der Waals surface area contributed by atoms with E-state index in [2.05, 4.69) is 31.2 Å². The van der Waals surface area contributed by atoms with Crippen LogP contribution in [0.1, 0.15) is 30.4 Å². The second-order valence-corrected chi connectivity index (χ2v) is 9.17. The van der Waals surface area contributed by atoms with Gasteiger partial charge in [0, 0.05) is 41.4 Å². The summed E-state index contributed by atoms with van der Waals surface area (Å²) in [7, 11) is 1.57. The quantitative estimate of drug-likeness (QED) is 0.321. The summed E-state index contributed by atoms with van der Waals surface area (Å²) in [4.78, 5) is 18.5. The number of ether oxygens (including phenoxy) is 1. The maximum atomic E-state index is 11.9. The summed E-state index contributed by atoms with van der Waals surface area (Å²) in [6, 6.07) is 22.8. The molecule has 0 unspecified atom stereocenters. The van der Waals surface area contributed by atoms with Crippen molar-refractivity contribution in [2.45, 2.75) is 19.0 Å². The van der Waals surface area contributed by atoms with Crippen LogP contribution in [-0.2, 0) is 4.79 Å². The molecule has 2 aromatic carbocycles. The number of nitrogens with zero attached hydrogens (tertiary/aromatic N) is 3. The van der Waals surface area contributed by atoms with Gasteiger partial charge in [-0.3, -0.25) is 9.78 Å². The minimum absolute atomic E-state index is 0.190. The molecular weight excluding hydrogens is 494 g/mol. The summed E-state index contributed by atoms with van der Waals surface area (Å²) < 4.78 is 7.56. The first-order chi connectivity index (χ1) is 17.5. The van der Waals surface area contributed by atoms with Gasteiger partial charge in [-0.25, -0.2) is 0 Å². The number of nitrogens with one attached hydrogen (secondary N) is 2. The molecule has 1 saturated heterocycles. The summed E-state index contributed by atoms with van der Waals surface area (Å²) in [5.41, 5.74) is 4.17. The van der Waals surface area contributed by atoms with Crippen LogP contribution in [0.25, 0.3) is 5.69 Å². The molecule has 1 amide bonds. The highest BCUT2D eigenvalue weighted by molar-refractivity contribution is 7.80. The van der Waals surface area contributed by atoms with Crippen LogP contribution in [0.4, 0.5) is 11.4 Å². The fourth-order valence-electron chi connectivity index (χ4n) is 4.56. The lowest BCUT2D eigenvalue weighted by Crippen LogP contribution is -2.30. The number of amides is 1. The minimum Gasteiger partial charge on any atom is -0.495 e. The van der Waals surface area contributed by atoms with Crippen LogP contribution < -0.4 is 20.3 Å². The van der Waals surface area contributed by atoms with E-state index >= 15 is 0 Å². The smallest absolute Gasteiger partial charge is 0.221 e. The van der Waals surface area contributed by atoms with Crippen molar-refractivity contribution in [2.24, 2.45) is 0 Å². The maximum absolute atomic E-state index is 11.9. The van der Waals surface area contributed by atoms with Gasteiger partial charge in [0.2, 0.25) is 5.91 Å². The Hall–Kier alpha value is -3.88. The predicted octanol–water partition coefficient (Wildman–Crippen LogP) is 5.67. The van der Waals surface area contributed by atoms with E-state index in [1.807, 2.05) is 72.9 Å². The van der Waals surface area contributed by atoms with Crippen LogP contribution in [0.5, 0.6) is 5.75 Å². The fourth-order valence-corrected chi connectivity index (χ4v) is 5.09. The Kier molecular flexibility index (Phi) is 6.63. The van der Waals surface area contributed by atoms with Crippen LogP contribution in [-0.4, -0.2) is 27.7 Å². The Morgan fingerprint density at radius 2 is 1.94 bits per heavy atom. The number of halogens is 1. The maximum Gasteiger partial charge on any atom is 0.221 e. The third-order valence-electron chi connectivity index (χ3n) is 6.04. The number of hydrogen-bond donors (Lipinski definition) is 2. The molecule has 0 spiro atoms. The number of benzene rings is 2. The number of carbonyl (C=O) groups excluding carboxylic acids is 1. The number of anilines is 2. The van der Waals surface area contributed by atoms with Gasteiger partial charge in [-0.1, -0.05) is 23.7 Å². The zero-order valence-corrected chi connectivity index (χ0v) is 21.3. The SMILES string of the molecule is COc1ccc(N2C(=S)N[C@H](c3ccccn3)[C@@H]2c2cccn2-c2cccc(Cl)c2)cc1NC(C)=O. The fraction of sp³-hybridized carbons (Fsp3) is 0.148. The zero-order valence-electron chi connectivity index (χ0n) is 19.7. The van der Waals surface area contributed by atoms with Crippen molar-refractivity contribution in [3.8, 4) is 11.4 Å². The molecular formula is C27H24ClN5O2S. The minimum atomic E-state index is -0.250. The summed E-state index contributed by atoms with van der Waals surface area (Å²) in [6.07, 6.45) is 3.78. The van der Waals surface area contributed by atoms with Crippen molar-refractivity contribution >= 4 is 46.2 Å². The molecule has 0 radical (unpaired) electrons. The molecule has 2 N–H and O–H groups in total. The predicted molar refractivity (Wildman–Crippen MR) is 146 cm³/mol. The molecule has 2 atom stereocenters. The van der Waals surface area contributed by atoms with Gasteiger partial charge in [-0.05, 0) is 72.9 Å².